The van der Waals surface area contributed by atoms with Crippen molar-refractivity contribution in [2.75, 3.05) is 7.05 Å². The molecule has 0 bridgehead atoms. The molecule has 1 N–H and O–H groups in total. The Balaban J connectivity index is 1.97. The van der Waals surface area contributed by atoms with E-state index in [9.17, 15) is 0 Å². The van der Waals surface area contributed by atoms with E-state index in [1.807, 2.05) is 24.4 Å². The molecule has 0 fully saturated rings. The van der Waals surface area contributed by atoms with Gasteiger partial charge in [-0.15, -0.1) is 0 Å². The van der Waals surface area contributed by atoms with Crippen molar-refractivity contribution in [3.05, 3.63) is 56.7 Å². The summed E-state index contributed by atoms with van der Waals surface area (Å²) < 4.78 is 4.23. The fourth-order valence-corrected chi connectivity index (χ4v) is 3.69. The smallest absolute Gasteiger partial charge is 0.138 e. The Bertz CT molecular complexity index is 799. The Labute approximate surface area is 144 Å². The second-order valence-electron chi connectivity index (χ2n) is 4.74. The van der Waals surface area contributed by atoms with Gasteiger partial charge in [0.1, 0.15) is 11.4 Å². The number of rotatable bonds is 4. The molecule has 0 saturated heterocycles. The minimum Gasteiger partial charge on any atom is -0.342 e. The lowest BCUT2D eigenvalue weighted by atomic mass is 10.2. The summed E-state index contributed by atoms with van der Waals surface area (Å²) in [7, 11) is 1.72. The van der Waals surface area contributed by atoms with E-state index in [1.54, 1.807) is 13.3 Å². The molecule has 0 aliphatic rings. The Morgan fingerprint density at radius 3 is 2.73 bits per heavy atom. The largest absolute Gasteiger partial charge is 0.342 e. The molecule has 0 unspecified atom stereocenters. The zero-order chi connectivity index (χ0) is 15.5. The van der Waals surface area contributed by atoms with Crippen molar-refractivity contribution in [1.82, 2.24) is 20.0 Å². The quantitative estimate of drug-likeness (QED) is 0.648. The second kappa shape index (κ2) is 6.58. The molecule has 0 aliphatic heterocycles. The van der Waals surface area contributed by atoms with Crippen LogP contribution in [-0.4, -0.2) is 33.2 Å². The molecule has 3 aromatic rings. The predicted octanol–water partition coefficient (Wildman–Crippen LogP) is 3.90. The third kappa shape index (κ3) is 3.20. The van der Waals surface area contributed by atoms with Gasteiger partial charge >= 0.3 is 0 Å². The van der Waals surface area contributed by atoms with Crippen LogP contribution < -0.4 is 0 Å². The van der Waals surface area contributed by atoms with Gasteiger partial charge in [0, 0.05) is 28.7 Å². The summed E-state index contributed by atoms with van der Waals surface area (Å²) in [4.78, 5) is 4.02. The molecule has 1 aromatic carbocycles. The van der Waals surface area contributed by atoms with Crippen LogP contribution in [0.25, 0.3) is 11.4 Å². The molecule has 0 aliphatic carbocycles. The predicted molar refractivity (Wildman–Crippen MR) is 94.3 cm³/mol. The molecule has 0 spiro atoms. The van der Waals surface area contributed by atoms with Crippen molar-refractivity contribution in [3.63, 3.8) is 0 Å². The van der Waals surface area contributed by atoms with Crippen molar-refractivity contribution in [1.29, 1.82) is 0 Å². The first-order valence-electron chi connectivity index (χ1n) is 6.61. The Hall–Kier alpha value is -1.73. The Morgan fingerprint density at radius 2 is 2.00 bits per heavy atom. The third-order valence-corrected chi connectivity index (χ3v) is 4.09. The van der Waals surface area contributed by atoms with Crippen LogP contribution >= 0.6 is 31.9 Å². The zero-order valence-corrected chi connectivity index (χ0v) is 15.0. The first kappa shape index (κ1) is 15.2. The molecule has 0 radical (unpaired) electrons. The van der Waals surface area contributed by atoms with Crippen molar-refractivity contribution >= 4 is 38.1 Å². The Morgan fingerprint density at radius 1 is 1.23 bits per heavy atom. The monoisotopic (exact) mass is 421 g/mol. The van der Waals surface area contributed by atoms with E-state index in [2.05, 4.69) is 69.0 Å². The number of aromatic amines is 1. The second-order valence-corrected chi connectivity index (χ2v) is 6.58. The lowest BCUT2D eigenvalue weighted by molar-refractivity contribution is 0.808. The molecule has 3 rings (SSSR count). The highest BCUT2D eigenvalue weighted by molar-refractivity contribution is 9.11. The topological polar surface area (TPSA) is 58.9 Å². The molecular formula is C15H13Br2N5. The summed E-state index contributed by atoms with van der Waals surface area (Å²) in [6.45, 7) is 0.746. The number of aliphatic imine (C=N–C) groups is 1. The number of halogens is 2. The fourth-order valence-electron chi connectivity index (χ4n) is 2.31. The van der Waals surface area contributed by atoms with Gasteiger partial charge < -0.3 is 4.57 Å². The van der Waals surface area contributed by atoms with Crippen LogP contribution in [0.5, 0.6) is 0 Å². The van der Waals surface area contributed by atoms with Crippen LogP contribution in [0.1, 0.15) is 11.3 Å². The highest BCUT2D eigenvalue weighted by atomic mass is 79.9. The summed E-state index contributed by atoms with van der Waals surface area (Å²) in [5.41, 5.74) is 3.72. The van der Waals surface area contributed by atoms with Crippen LogP contribution in [0.4, 0.5) is 0 Å². The maximum absolute atomic E-state index is 4.25. The first-order valence-corrected chi connectivity index (χ1v) is 8.19. The van der Waals surface area contributed by atoms with Crippen molar-refractivity contribution in [3.8, 4) is 11.4 Å². The summed E-state index contributed by atoms with van der Waals surface area (Å²) >= 11 is 7.04. The lowest BCUT2D eigenvalue weighted by Crippen LogP contribution is -2.02. The van der Waals surface area contributed by atoms with E-state index < -0.39 is 0 Å². The van der Waals surface area contributed by atoms with E-state index in [-0.39, 0.29) is 0 Å². The van der Waals surface area contributed by atoms with Crippen LogP contribution in [0.15, 0.2) is 50.5 Å². The van der Waals surface area contributed by atoms with E-state index in [4.69, 9.17) is 0 Å². The van der Waals surface area contributed by atoms with Crippen molar-refractivity contribution in [2.24, 2.45) is 4.99 Å². The Kier molecular flexibility index (Phi) is 4.54. The van der Waals surface area contributed by atoms with Gasteiger partial charge in [-0.05, 0) is 35.9 Å². The number of aromatic nitrogens is 4. The van der Waals surface area contributed by atoms with Gasteiger partial charge in [-0.25, -0.2) is 0 Å². The van der Waals surface area contributed by atoms with Gasteiger partial charge in [0.2, 0.25) is 0 Å². The van der Waals surface area contributed by atoms with E-state index >= 15 is 0 Å². The molecule has 5 nitrogen and oxygen atoms in total. The van der Waals surface area contributed by atoms with Crippen LogP contribution in [0.3, 0.4) is 0 Å². The van der Waals surface area contributed by atoms with Crippen molar-refractivity contribution in [2.45, 2.75) is 6.54 Å². The van der Waals surface area contributed by atoms with Crippen LogP contribution in [0.2, 0.25) is 0 Å². The standard InChI is InChI=1S/C15H13Br2N5/c1-18-8-13-15(20-21-19-13)14-3-2-4-22(14)9-10-5-11(16)7-12(17)6-10/h2-8H,9H2,1H3,(H,19,20,21). The summed E-state index contributed by atoms with van der Waals surface area (Å²) in [5.74, 6) is 0. The van der Waals surface area contributed by atoms with E-state index in [0.29, 0.717) is 0 Å². The number of nitrogens with zero attached hydrogens (tertiary/aromatic N) is 4. The van der Waals surface area contributed by atoms with Gasteiger partial charge in [-0.2, -0.15) is 15.4 Å². The fraction of sp³-hybridized carbons (Fsp3) is 0.133. The van der Waals surface area contributed by atoms with Crippen LogP contribution in [0, 0.1) is 0 Å². The molecular weight excluding hydrogens is 410 g/mol. The number of benzene rings is 1. The average molecular weight is 423 g/mol. The van der Waals surface area contributed by atoms with Gasteiger partial charge in [-0.1, -0.05) is 31.9 Å². The average Bonchev–Trinajstić information content (AvgIpc) is 3.07. The maximum Gasteiger partial charge on any atom is 0.138 e. The highest BCUT2D eigenvalue weighted by Gasteiger charge is 2.13. The normalized spacial score (nSPS) is 11.4. The highest BCUT2D eigenvalue weighted by Crippen LogP contribution is 2.24. The number of nitrogens with one attached hydrogen (secondary N) is 1. The zero-order valence-electron chi connectivity index (χ0n) is 11.8. The number of hydrogen-bond acceptors (Lipinski definition) is 3. The van der Waals surface area contributed by atoms with Gasteiger partial charge in [0.05, 0.1) is 11.9 Å². The molecule has 22 heavy (non-hydrogen) atoms. The number of hydrogen-bond donors (Lipinski definition) is 1. The molecule has 0 saturated carbocycles. The van der Waals surface area contributed by atoms with E-state index in [1.165, 1.54) is 5.56 Å². The minimum atomic E-state index is 0.734. The molecule has 0 amide bonds. The third-order valence-electron chi connectivity index (χ3n) is 3.17. The van der Waals surface area contributed by atoms with Gasteiger partial charge in [0.15, 0.2) is 0 Å². The van der Waals surface area contributed by atoms with Crippen LogP contribution in [-0.2, 0) is 6.54 Å². The summed E-state index contributed by atoms with van der Waals surface area (Å²) in [6.07, 6.45) is 3.73. The number of H-pyrrole nitrogens is 1. The van der Waals surface area contributed by atoms with E-state index in [0.717, 1.165) is 32.6 Å². The summed E-state index contributed by atoms with van der Waals surface area (Å²) in [6, 6.07) is 10.3. The molecule has 112 valence electrons. The molecule has 0 atom stereocenters. The van der Waals surface area contributed by atoms with Crippen molar-refractivity contribution < 1.29 is 0 Å². The molecule has 2 aromatic heterocycles. The molecule has 7 heteroatoms. The van der Waals surface area contributed by atoms with Gasteiger partial charge in [-0.3, -0.25) is 4.99 Å². The first-order chi connectivity index (χ1) is 10.7. The maximum atomic E-state index is 4.25. The lowest BCUT2D eigenvalue weighted by Gasteiger charge is -2.09. The van der Waals surface area contributed by atoms with Gasteiger partial charge in [0.25, 0.3) is 0 Å². The molecule has 2 heterocycles. The minimum absolute atomic E-state index is 0.734. The SMILES string of the molecule is CN=Cc1n[nH]nc1-c1cccn1Cc1cc(Br)cc(Br)c1. The summed E-state index contributed by atoms with van der Waals surface area (Å²) in [5, 5.41) is 11.0.